The summed E-state index contributed by atoms with van der Waals surface area (Å²) >= 11 is 0. The van der Waals surface area contributed by atoms with Gasteiger partial charge in [0.2, 0.25) is 0 Å². The first-order valence-electron chi connectivity index (χ1n) is 10.2. The largest absolute Gasteiger partial charge is 0.465 e. The number of hydrogen-bond acceptors (Lipinski definition) is 6. The van der Waals surface area contributed by atoms with Gasteiger partial charge in [-0.15, -0.1) is 0 Å². The second kappa shape index (κ2) is 9.35. The molecule has 0 aromatic carbocycles. The van der Waals surface area contributed by atoms with Crippen molar-refractivity contribution in [3.8, 4) is 0 Å². The van der Waals surface area contributed by atoms with Gasteiger partial charge in [-0.2, -0.15) is 0 Å². The summed E-state index contributed by atoms with van der Waals surface area (Å²) in [7, 11) is 2.67. The molecule has 8 nitrogen and oxygen atoms in total. The quantitative estimate of drug-likeness (QED) is 0.545. The first-order valence-corrected chi connectivity index (χ1v) is 10.2. The SMILES string of the molecule is C/C=C1/C=CC(C(C(=O)OC)=c2cc/c(=C/c3ccc(/C(C(=O)OC)=C4/C=CC=N4)[nH]3)[nH]2)=N1. The molecule has 2 N–H and O–H groups in total. The highest BCUT2D eigenvalue weighted by Gasteiger charge is 2.20. The Morgan fingerprint density at radius 2 is 1.73 bits per heavy atom. The van der Waals surface area contributed by atoms with Crippen molar-refractivity contribution < 1.29 is 19.1 Å². The summed E-state index contributed by atoms with van der Waals surface area (Å²) in [4.78, 5) is 39.9. The molecular formula is C25H22N4O4. The van der Waals surface area contributed by atoms with E-state index in [1.54, 1.807) is 36.6 Å². The molecule has 0 unspecified atom stereocenters. The van der Waals surface area contributed by atoms with Crippen molar-refractivity contribution in [1.82, 2.24) is 9.97 Å². The van der Waals surface area contributed by atoms with Crippen molar-refractivity contribution in [2.24, 2.45) is 9.98 Å². The van der Waals surface area contributed by atoms with E-state index in [2.05, 4.69) is 20.0 Å². The number of aliphatic imine (C=N–C) groups is 2. The number of methoxy groups -OCH3 is 2. The summed E-state index contributed by atoms with van der Waals surface area (Å²) in [6.07, 6.45) is 12.5. The van der Waals surface area contributed by atoms with Gasteiger partial charge in [0.15, 0.2) is 0 Å². The van der Waals surface area contributed by atoms with Gasteiger partial charge in [0.05, 0.1) is 42.4 Å². The van der Waals surface area contributed by atoms with Crippen LogP contribution in [0, 0.1) is 0 Å². The van der Waals surface area contributed by atoms with E-state index in [0.29, 0.717) is 33.6 Å². The minimum absolute atomic E-state index is 0.348. The molecule has 0 bridgehead atoms. The van der Waals surface area contributed by atoms with E-state index in [4.69, 9.17) is 9.47 Å². The molecule has 4 rings (SSSR count). The first-order chi connectivity index (χ1) is 16.0. The van der Waals surface area contributed by atoms with E-state index in [0.717, 1.165) is 16.7 Å². The van der Waals surface area contributed by atoms with Crippen LogP contribution in [-0.2, 0) is 19.1 Å². The fourth-order valence-electron chi connectivity index (χ4n) is 3.49. The zero-order chi connectivity index (χ0) is 23.4. The lowest BCUT2D eigenvalue weighted by Gasteiger charge is -2.05. The van der Waals surface area contributed by atoms with Crippen LogP contribution >= 0.6 is 0 Å². The Balaban J connectivity index is 1.75. The molecule has 2 aliphatic rings. The minimum atomic E-state index is -0.481. The monoisotopic (exact) mass is 442 g/mol. The maximum atomic E-state index is 12.5. The van der Waals surface area contributed by atoms with E-state index in [-0.39, 0.29) is 0 Å². The van der Waals surface area contributed by atoms with E-state index in [9.17, 15) is 9.59 Å². The number of esters is 2. The highest BCUT2D eigenvalue weighted by molar-refractivity contribution is 6.44. The van der Waals surface area contributed by atoms with Crippen molar-refractivity contribution in [3.05, 3.63) is 88.1 Å². The van der Waals surface area contributed by atoms with Gasteiger partial charge in [0, 0.05) is 17.3 Å². The standard InChI is InChI=1S/C25H22N4O4/c1-4-15-7-10-20(27-15)23(25(31)33-3)21-12-9-17(29-21)14-16-8-11-19(28-16)22(24(30)32-2)18-6-5-13-26-18/h4-14,28-29H,1-3H3/b15-4-,17-14-,22-18+,23-21?. The lowest BCUT2D eigenvalue weighted by molar-refractivity contribution is -0.134. The lowest BCUT2D eigenvalue weighted by Crippen LogP contribution is -2.23. The van der Waals surface area contributed by atoms with Crippen molar-refractivity contribution in [2.45, 2.75) is 6.92 Å². The maximum absolute atomic E-state index is 12.5. The molecular weight excluding hydrogens is 420 g/mol. The van der Waals surface area contributed by atoms with Gasteiger partial charge in [0.25, 0.3) is 0 Å². The number of nitrogens with zero attached hydrogens (tertiary/aromatic N) is 2. The maximum Gasteiger partial charge on any atom is 0.342 e. The summed E-state index contributed by atoms with van der Waals surface area (Å²) in [5, 5.41) is 1.34. The molecule has 0 radical (unpaired) electrons. The van der Waals surface area contributed by atoms with Crippen LogP contribution in [0.5, 0.6) is 0 Å². The third-order valence-corrected chi connectivity index (χ3v) is 5.07. The predicted octanol–water partition coefficient (Wildman–Crippen LogP) is 1.93. The Bertz CT molecular complexity index is 1410. The Morgan fingerprint density at radius 1 is 0.939 bits per heavy atom. The summed E-state index contributed by atoms with van der Waals surface area (Å²) < 4.78 is 9.90. The number of ether oxygens (including phenoxy) is 2. The van der Waals surface area contributed by atoms with Crippen molar-refractivity contribution in [2.75, 3.05) is 14.2 Å². The number of hydrogen-bond donors (Lipinski definition) is 2. The van der Waals surface area contributed by atoms with Gasteiger partial charge in [-0.1, -0.05) is 6.08 Å². The second-order valence-corrected chi connectivity index (χ2v) is 7.10. The van der Waals surface area contributed by atoms with Gasteiger partial charge in [-0.05, 0) is 61.6 Å². The molecule has 0 saturated heterocycles. The molecule has 33 heavy (non-hydrogen) atoms. The van der Waals surface area contributed by atoms with Crippen LogP contribution in [-0.4, -0.2) is 48.1 Å². The molecule has 0 amide bonds. The van der Waals surface area contributed by atoms with Crippen LogP contribution in [0.2, 0.25) is 0 Å². The summed E-state index contributed by atoms with van der Waals surface area (Å²) in [6, 6.07) is 7.28. The third kappa shape index (κ3) is 4.45. The van der Waals surface area contributed by atoms with E-state index >= 15 is 0 Å². The number of H-pyrrole nitrogens is 2. The van der Waals surface area contributed by atoms with Crippen LogP contribution in [0.3, 0.4) is 0 Å². The van der Waals surface area contributed by atoms with Gasteiger partial charge in [-0.25, -0.2) is 14.6 Å². The van der Waals surface area contributed by atoms with Crippen molar-refractivity contribution >= 4 is 41.1 Å². The number of carbonyl (C=O) groups is 2. The third-order valence-electron chi connectivity index (χ3n) is 5.07. The average molecular weight is 442 g/mol. The van der Waals surface area contributed by atoms with Crippen LogP contribution in [0.1, 0.15) is 18.3 Å². The zero-order valence-electron chi connectivity index (χ0n) is 18.4. The van der Waals surface area contributed by atoms with E-state index in [1.807, 2.05) is 37.3 Å². The molecule has 2 aromatic rings. The predicted molar refractivity (Wildman–Crippen MR) is 127 cm³/mol. The smallest absolute Gasteiger partial charge is 0.342 e. The van der Waals surface area contributed by atoms with Gasteiger partial charge >= 0.3 is 11.9 Å². The second-order valence-electron chi connectivity index (χ2n) is 7.10. The fraction of sp³-hybridized carbons (Fsp3) is 0.120. The zero-order valence-corrected chi connectivity index (χ0v) is 18.4. The Kier molecular flexibility index (Phi) is 6.17. The molecule has 166 valence electrons. The Labute approximate surface area is 189 Å². The van der Waals surface area contributed by atoms with E-state index < -0.39 is 11.9 Å². The van der Waals surface area contributed by atoms with Crippen LogP contribution < -0.4 is 10.7 Å². The number of aromatic nitrogens is 2. The molecule has 2 aromatic heterocycles. The number of carbonyl (C=O) groups excluding carboxylic acids is 2. The van der Waals surface area contributed by atoms with Gasteiger partial charge < -0.3 is 19.4 Å². The summed E-state index contributed by atoms with van der Waals surface area (Å²) in [5.41, 5.74) is 3.87. The van der Waals surface area contributed by atoms with E-state index in [1.165, 1.54) is 14.2 Å². The molecule has 0 atom stereocenters. The molecule has 0 fully saturated rings. The molecule has 0 aliphatic carbocycles. The van der Waals surface area contributed by atoms with Crippen LogP contribution in [0.25, 0.3) is 17.2 Å². The van der Waals surface area contributed by atoms with Gasteiger partial charge in [-0.3, -0.25) is 4.99 Å². The molecule has 8 heteroatoms. The van der Waals surface area contributed by atoms with Crippen LogP contribution in [0.4, 0.5) is 0 Å². The molecule has 4 heterocycles. The molecule has 0 spiro atoms. The number of rotatable bonds is 5. The number of allylic oxidation sites excluding steroid dienone is 5. The summed E-state index contributed by atoms with van der Waals surface area (Å²) in [5.74, 6) is -0.960. The number of nitrogens with one attached hydrogen (secondary N) is 2. The minimum Gasteiger partial charge on any atom is -0.465 e. The highest BCUT2D eigenvalue weighted by atomic mass is 16.5. The Morgan fingerprint density at radius 3 is 2.39 bits per heavy atom. The fourth-order valence-corrected chi connectivity index (χ4v) is 3.49. The number of aromatic amines is 2. The average Bonchev–Trinajstić information content (AvgIpc) is 3.63. The normalized spacial score (nSPS) is 18.7. The Hall–Kier alpha value is -4.46. The van der Waals surface area contributed by atoms with Crippen molar-refractivity contribution in [1.29, 1.82) is 0 Å². The molecule has 2 aliphatic heterocycles. The van der Waals surface area contributed by atoms with Gasteiger partial charge in [0.1, 0.15) is 11.1 Å². The van der Waals surface area contributed by atoms with Crippen LogP contribution in [0.15, 0.2) is 76.0 Å². The highest BCUT2D eigenvalue weighted by Crippen LogP contribution is 2.23. The van der Waals surface area contributed by atoms with Crippen molar-refractivity contribution in [3.63, 3.8) is 0 Å². The molecule has 0 saturated carbocycles. The first kappa shape index (κ1) is 21.8. The summed E-state index contributed by atoms with van der Waals surface area (Å²) in [6.45, 7) is 1.88. The topological polar surface area (TPSA) is 109 Å². The lowest BCUT2D eigenvalue weighted by atomic mass is 10.1.